The highest BCUT2D eigenvalue weighted by molar-refractivity contribution is 7.84. The van der Waals surface area contributed by atoms with Gasteiger partial charge in [-0.15, -0.1) is 13.2 Å². The van der Waals surface area contributed by atoms with Gasteiger partial charge in [0.05, 0.1) is 41.6 Å². The molecule has 3 aromatic rings. The lowest BCUT2D eigenvalue weighted by molar-refractivity contribution is -0.274. The number of hydrogen-bond donors (Lipinski definition) is 3. The molecule has 0 amide bonds. The van der Waals surface area contributed by atoms with Crippen LogP contribution in [0, 0.1) is 11.8 Å². The fourth-order valence-corrected chi connectivity index (χ4v) is 5.00. The van der Waals surface area contributed by atoms with E-state index in [1.54, 1.807) is 0 Å². The van der Waals surface area contributed by atoms with E-state index in [4.69, 9.17) is 16.7 Å². The van der Waals surface area contributed by atoms with Gasteiger partial charge in [0.2, 0.25) is 5.78 Å². The molecule has 40 heavy (non-hydrogen) atoms. The van der Waals surface area contributed by atoms with E-state index in [2.05, 4.69) is 24.0 Å². The van der Waals surface area contributed by atoms with Crippen molar-refractivity contribution in [1.29, 1.82) is 0 Å². The number of alkyl halides is 3. The summed E-state index contributed by atoms with van der Waals surface area (Å²) in [6, 6.07) is 5.27. The van der Waals surface area contributed by atoms with Gasteiger partial charge >= 0.3 is 16.7 Å². The number of halogens is 4. The van der Waals surface area contributed by atoms with Crippen LogP contribution < -0.4 is 9.88 Å². The Balaban J connectivity index is 1.47. The number of aliphatic hydroxyl groups is 2. The second-order valence-corrected chi connectivity index (χ2v) is 10.8. The van der Waals surface area contributed by atoms with Crippen LogP contribution in [0.1, 0.15) is 33.7 Å². The predicted octanol–water partition coefficient (Wildman–Crippen LogP) is 1.62. The van der Waals surface area contributed by atoms with Crippen molar-refractivity contribution < 1.29 is 45.5 Å². The van der Waals surface area contributed by atoms with Gasteiger partial charge in [0.1, 0.15) is 17.8 Å². The Morgan fingerprint density at radius 3 is 2.62 bits per heavy atom. The number of ketones is 1. The molecule has 17 heteroatoms. The fourth-order valence-electron chi connectivity index (χ4n) is 4.48. The van der Waals surface area contributed by atoms with Crippen LogP contribution in [0.4, 0.5) is 13.2 Å². The zero-order chi connectivity index (χ0) is 29.2. The van der Waals surface area contributed by atoms with Gasteiger partial charge in [0.25, 0.3) is 0 Å². The molecule has 1 fully saturated rings. The van der Waals surface area contributed by atoms with Crippen LogP contribution in [0.25, 0.3) is 0 Å². The maximum absolute atomic E-state index is 13.3. The zero-order valence-corrected chi connectivity index (χ0v) is 22.0. The van der Waals surface area contributed by atoms with Crippen LogP contribution >= 0.6 is 11.6 Å². The molecule has 0 radical (unpaired) electrons. The highest BCUT2D eigenvalue weighted by Gasteiger charge is 2.42. The number of benzene rings is 1. The number of nitrogens with two attached hydrogens (primary N) is 1. The first kappa shape index (κ1) is 29.8. The summed E-state index contributed by atoms with van der Waals surface area (Å²) in [6.07, 6.45) is -3.26. The van der Waals surface area contributed by atoms with Gasteiger partial charge in [-0.1, -0.05) is 17.7 Å². The molecule has 0 saturated heterocycles. The van der Waals surface area contributed by atoms with Crippen molar-refractivity contribution in [2.75, 3.05) is 6.61 Å². The zero-order valence-electron chi connectivity index (χ0n) is 20.4. The number of carbonyl (C=O) groups excluding carboxylic acids is 1. The maximum Gasteiger partial charge on any atom is 0.573 e. The van der Waals surface area contributed by atoms with Crippen LogP contribution in [-0.2, 0) is 27.5 Å². The molecule has 4 rings (SSSR count). The topological polar surface area (TPSA) is 180 Å². The Labute approximate surface area is 230 Å². The number of rotatable bonds is 10. The lowest BCUT2D eigenvalue weighted by atomic mass is 9.95. The van der Waals surface area contributed by atoms with Gasteiger partial charge in [-0.2, -0.15) is 13.5 Å². The van der Waals surface area contributed by atoms with Crippen molar-refractivity contribution in [3.05, 3.63) is 70.5 Å². The Morgan fingerprint density at radius 1 is 1.20 bits per heavy atom. The average Bonchev–Trinajstić information content (AvgIpc) is 3.43. The summed E-state index contributed by atoms with van der Waals surface area (Å²) in [7, 11) is -4.23. The molecule has 0 spiro atoms. The summed E-state index contributed by atoms with van der Waals surface area (Å²) >= 11 is 5.78. The molecule has 0 bridgehead atoms. The van der Waals surface area contributed by atoms with E-state index in [1.807, 2.05) is 0 Å². The summed E-state index contributed by atoms with van der Waals surface area (Å²) < 4.78 is 69.9. The molecule has 216 valence electrons. The van der Waals surface area contributed by atoms with Gasteiger partial charge in [-0.3, -0.25) is 13.7 Å². The lowest BCUT2D eigenvalue weighted by Gasteiger charge is -2.17. The van der Waals surface area contributed by atoms with Crippen LogP contribution in [0.15, 0.2) is 43.0 Å². The molecule has 1 aliphatic rings. The minimum absolute atomic E-state index is 0.00297. The molecule has 0 unspecified atom stereocenters. The van der Waals surface area contributed by atoms with Gasteiger partial charge in [-0.25, -0.2) is 15.1 Å². The molecule has 1 aliphatic carbocycles. The lowest BCUT2D eigenvalue weighted by Crippen LogP contribution is -2.31. The number of aliphatic hydroxyl groups excluding tert-OH is 2. The molecule has 2 aromatic heterocycles. The van der Waals surface area contributed by atoms with E-state index in [1.165, 1.54) is 41.6 Å². The van der Waals surface area contributed by atoms with E-state index in [0.29, 0.717) is 5.56 Å². The molecule has 0 aliphatic heterocycles. The number of ether oxygens (including phenoxy) is 1. The molecular formula is C23H23ClF3N5O7S. The van der Waals surface area contributed by atoms with Crippen molar-refractivity contribution in [1.82, 2.24) is 19.7 Å². The molecule has 12 nitrogen and oxygen atoms in total. The summed E-state index contributed by atoms with van der Waals surface area (Å²) in [5, 5.41) is 29.6. The van der Waals surface area contributed by atoms with Gasteiger partial charge < -0.3 is 14.9 Å². The number of hydrogen-bond acceptors (Lipinski definition) is 10. The molecular weight excluding hydrogens is 583 g/mol. The summed E-state index contributed by atoms with van der Waals surface area (Å²) in [5.41, 5.74) is 0.740. The van der Waals surface area contributed by atoms with Crippen molar-refractivity contribution >= 4 is 27.7 Å². The van der Waals surface area contributed by atoms with Gasteiger partial charge in [0, 0.05) is 18.3 Å². The third kappa shape index (κ3) is 7.52. The Kier molecular flexibility index (Phi) is 8.77. The maximum atomic E-state index is 13.3. The van der Waals surface area contributed by atoms with Crippen LogP contribution in [-0.4, -0.2) is 69.3 Å². The normalized spacial score (nSPS) is 21.5. The number of aromatic nitrogens is 4. The molecule has 2 heterocycles. The van der Waals surface area contributed by atoms with E-state index in [-0.39, 0.29) is 41.4 Å². The second kappa shape index (κ2) is 11.8. The van der Waals surface area contributed by atoms with Crippen molar-refractivity contribution in [2.24, 2.45) is 17.0 Å². The summed E-state index contributed by atoms with van der Waals surface area (Å²) in [4.78, 5) is 21.3. The summed E-state index contributed by atoms with van der Waals surface area (Å²) in [6.45, 7) is -0.414. The van der Waals surface area contributed by atoms with E-state index in [9.17, 15) is 36.6 Å². The SMILES string of the molecule is NS(=O)(=O)OC[C@H]1C[C@@H](Cc2ncncc2C(=O)c2ccn(Cc3ccc(Cl)c(OC(F)(F)F)c3)n2)[C@H](O)[C@@H]1O. The monoisotopic (exact) mass is 605 g/mol. The average molecular weight is 606 g/mol. The first-order valence-corrected chi connectivity index (χ1v) is 13.5. The minimum Gasteiger partial charge on any atom is -0.404 e. The summed E-state index contributed by atoms with van der Waals surface area (Å²) in [5.74, 6) is -2.42. The van der Waals surface area contributed by atoms with E-state index >= 15 is 0 Å². The van der Waals surface area contributed by atoms with Crippen LogP contribution in [0.2, 0.25) is 5.02 Å². The third-order valence-electron chi connectivity index (χ3n) is 6.30. The first-order valence-electron chi connectivity index (χ1n) is 11.6. The molecule has 1 saturated carbocycles. The van der Waals surface area contributed by atoms with E-state index in [0.717, 1.165) is 6.07 Å². The Hall–Kier alpha value is -3.15. The standard InChI is InChI=1S/C23H23ClF3N5O7S/c24-16-2-1-12(5-19(16)39-23(25,26)27)9-32-4-3-17(31-32)22(35)15-8-29-11-30-18(15)7-13-6-14(21(34)20(13)33)10-38-40(28,36)37/h1-5,8,11,13-14,20-21,33-34H,6-7,9-10H2,(H2,28,36,37)/t13-,14+,20-,21+/m0/s1. The quantitative estimate of drug-likeness (QED) is 0.287. The minimum atomic E-state index is -4.92. The fraction of sp³-hybridized carbons (Fsp3) is 0.391. The molecule has 4 atom stereocenters. The Morgan fingerprint density at radius 2 is 1.93 bits per heavy atom. The highest BCUT2D eigenvalue weighted by Crippen LogP contribution is 2.35. The van der Waals surface area contributed by atoms with Crippen molar-refractivity contribution in [3.63, 3.8) is 0 Å². The molecule has 4 N–H and O–H groups in total. The first-order chi connectivity index (χ1) is 18.7. The smallest absolute Gasteiger partial charge is 0.404 e. The largest absolute Gasteiger partial charge is 0.573 e. The van der Waals surface area contributed by atoms with Crippen LogP contribution in [0.5, 0.6) is 5.75 Å². The predicted molar refractivity (Wildman–Crippen MR) is 131 cm³/mol. The van der Waals surface area contributed by atoms with Gasteiger partial charge in [0.15, 0.2) is 0 Å². The molecule has 1 aromatic carbocycles. The number of nitrogens with zero attached hydrogens (tertiary/aromatic N) is 4. The van der Waals surface area contributed by atoms with Gasteiger partial charge in [-0.05, 0) is 42.5 Å². The highest BCUT2D eigenvalue weighted by atomic mass is 35.5. The van der Waals surface area contributed by atoms with Crippen LogP contribution in [0.3, 0.4) is 0 Å². The number of carbonyl (C=O) groups is 1. The second-order valence-electron chi connectivity index (χ2n) is 9.14. The third-order valence-corrected chi connectivity index (χ3v) is 7.08. The van der Waals surface area contributed by atoms with Crippen molar-refractivity contribution in [2.45, 2.75) is 38.0 Å². The van der Waals surface area contributed by atoms with E-state index < -0.39 is 58.8 Å². The van der Waals surface area contributed by atoms with Crippen molar-refractivity contribution in [3.8, 4) is 5.75 Å². The Bertz CT molecular complexity index is 1490.